The molecule has 0 spiro atoms. The number of carbonyl (C=O) groups is 4. The number of ether oxygens (including phenoxy) is 11. The number of aliphatic hydroxyl groups excluding tert-OH is 3. The van der Waals surface area contributed by atoms with Gasteiger partial charge in [-0.3, -0.25) is 14.4 Å². The van der Waals surface area contributed by atoms with Crippen molar-refractivity contribution in [1.82, 2.24) is 20.9 Å². The lowest BCUT2D eigenvalue weighted by atomic mass is 9.94. The zero-order chi connectivity index (χ0) is 66.0. The minimum absolute atomic E-state index is 0.00764. The summed E-state index contributed by atoms with van der Waals surface area (Å²) < 4.78 is 72.2. The van der Waals surface area contributed by atoms with Gasteiger partial charge in [-0.2, -0.15) is 0 Å². The molecule has 6 aromatic carbocycles. The van der Waals surface area contributed by atoms with Crippen LogP contribution in [-0.2, 0) is 106 Å². The largest absolute Gasteiger partial charge is 0.445 e. The van der Waals surface area contributed by atoms with Gasteiger partial charge in [-0.15, -0.1) is 0 Å². The molecule has 504 valence electrons. The number of rotatable bonds is 33. The van der Waals surface area contributed by atoms with E-state index in [0.29, 0.717) is 32.4 Å². The number of aliphatic hydroxyl groups is 3. The molecule has 22 nitrogen and oxygen atoms in total. The fraction of sp³-hybridized carbons (Fsp3) is 0.444. The van der Waals surface area contributed by atoms with Gasteiger partial charge in [-0.1, -0.05) is 182 Å². The fourth-order valence-corrected chi connectivity index (χ4v) is 11.6. The Morgan fingerprint density at radius 3 is 1.36 bits per heavy atom. The van der Waals surface area contributed by atoms with E-state index in [1.165, 1.54) is 20.8 Å². The fourth-order valence-electron chi connectivity index (χ4n) is 11.6. The van der Waals surface area contributed by atoms with Gasteiger partial charge in [0.1, 0.15) is 79.7 Å². The van der Waals surface area contributed by atoms with Crippen LogP contribution >= 0.6 is 0 Å². The standard InChI is InChI=1S/C72H88N4O18/c1-48(78)73-60-64(82)65(94-71-61(74-49(2)79)67(63(81)57(40-77)91-71)87-43-54-31-17-7-18-32-54)58(46-84-41-52-27-13-5-14-28-52)92-69(60)89-47-59-66(86-42-53-29-15-6-16-30-53)68(88-44-55-33-19-8-20-34-55)62(75-50(3)80)70(93-59)85-38-24-10-23-37-76(39-51-25-11-4-12-26-51)72(83)90-45-56-35-21-9-22-36-56/h4-9,11-22,25-36,57-71,77,81-82H,10,23-24,37-47H2,1-3H3,(H,73,78)(H,74,79)(H,75,80)/t57-,58-,59-,60-,61+,62-,63-,64-,65-,66-,67-,68-,69-,70+,71+/m1/s1. The van der Waals surface area contributed by atoms with Crippen LogP contribution in [0, 0.1) is 0 Å². The van der Waals surface area contributed by atoms with Crippen LogP contribution in [0.15, 0.2) is 182 Å². The summed E-state index contributed by atoms with van der Waals surface area (Å²) in [6.45, 7) is 4.06. The van der Waals surface area contributed by atoms with Crippen LogP contribution in [0.4, 0.5) is 4.79 Å². The zero-order valence-corrected chi connectivity index (χ0v) is 53.3. The highest BCUT2D eigenvalue weighted by Crippen LogP contribution is 2.34. The minimum atomic E-state index is -1.66. The Bertz CT molecular complexity index is 3190. The molecule has 6 N–H and O–H groups in total. The maximum absolute atomic E-state index is 13.6. The van der Waals surface area contributed by atoms with Crippen molar-refractivity contribution < 1.29 is 86.6 Å². The Morgan fingerprint density at radius 2 is 0.851 bits per heavy atom. The zero-order valence-electron chi connectivity index (χ0n) is 53.3. The van der Waals surface area contributed by atoms with Gasteiger partial charge < -0.3 is 88.3 Å². The number of benzene rings is 6. The number of unbranched alkanes of at least 4 members (excludes halogenated alkanes) is 2. The summed E-state index contributed by atoms with van der Waals surface area (Å²) >= 11 is 0. The van der Waals surface area contributed by atoms with Crippen molar-refractivity contribution in [3.8, 4) is 0 Å². The molecule has 9 rings (SSSR count). The Hall–Kier alpha value is -7.52. The Labute approximate surface area is 549 Å². The van der Waals surface area contributed by atoms with E-state index in [4.69, 9.17) is 52.1 Å². The molecule has 3 saturated heterocycles. The monoisotopic (exact) mass is 1300 g/mol. The summed E-state index contributed by atoms with van der Waals surface area (Å²) in [7, 11) is 0. The predicted molar refractivity (Wildman–Crippen MR) is 343 cm³/mol. The number of carbonyl (C=O) groups excluding carboxylic acids is 4. The average Bonchev–Trinajstić information content (AvgIpc) is 0.796. The van der Waals surface area contributed by atoms with Crippen molar-refractivity contribution in [3.63, 3.8) is 0 Å². The van der Waals surface area contributed by atoms with Gasteiger partial charge in [-0.05, 0) is 52.6 Å². The lowest BCUT2D eigenvalue weighted by Gasteiger charge is -2.49. The van der Waals surface area contributed by atoms with E-state index >= 15 is 0 Å². The van der Waals surface area contributed by atoms with Gasteiger partial charge in [0.15, 0.2) is 18.9 Å². The topological polar surface area (TPSA) is 270 Å². The first-order valence-corrected chi connectivity index (χ1v) is 32.0. The first kappa shape index (κ1) is 70.8. The van der Waals surface area contributed by atoms with Gasteiger partial charge in [0.25, 0.3) is 0 Å². The minimum Gasteiger partial charge on any atom is -0.445 e. The molecule has 0 aliphatic carbocycles. The van der Waals surface area contributed by atoms with Crippen LogP contribution in [0.3, 0.4) is 0 Å². The van der Waals surface area contributed by atoms with E-state index in [1.807, 2.05) is 182 Å². The van der Waals surface area contributed by atoms with E-state index < -0.39 is 116 Å². The van der Waals surface area contributed by atoms with E-state index in [0.717, 1.165) is 33.4 Å². The summed E-state index contributed by atoms with van der Waals surface area (Å²) in [5.74, 6) is -1.47. The van der Waals surface area contributed by atoms with Crippen molar-refractivity contribution >= 4 is 23.8 Å². The third-order valence-corrected chi connectivity index (χ3v) is 16.3. The van der Waals surface area contributed by atoms with Crippen LogP contribution in [0.25, 0.3) is 0 Å². The molecule has 3 aliphatic rings. The second-order valence-electron chi connectivity index (χ2n) is 23.6. The Kier molecular flexibility index (Phi) is 27.8. The first-order valence-electron chi connectivity index (χ1n) is 32.0. The molecule has 3 aliphatic heterocycles. The molecule has 6 aromatic rings. The molecule has 22 heteroatoms. The normalized spacial score (nSPS) is 26.0. The average molecular weight is 1300 g/mol. The molecule has 0 radical (unpaired) electrons. The van der Waals surface area contributed by atoms with Crippen molar-refractivity contribution in [2.24, 2.45) is 0 Å². The van der Waals surface area contributed by atoms with Crippen LogP contribution in [-0.4, -0.2) is 169 Å². The lowest BCUT2D eigenvalue weighted by molar-refractivity contribution is -0.342. The van der Waals surface area contributed by atoms with Crippen molar-refractivity contribution in [2.45, 2.75) is 172 Å². The molecule has 15 atom stereocenters. The van der Waals surface area contributed by atoms with E-state index in [9.17, 15) is 34.5 Å². The van der Waals surface area contributed by atoms with E-state index in [-0.39, 0.29) is 58.8 Å². The molecule has 0 bridgehead atoms. The van der Waals surface area contributed by atoms with Crippen molar-refractivity contribution in [2.75, 3.05) is 33.0 Å². The maximum Gasteiger partial charge on any atom is 0.410 e. The molecular weight excluding hydrogens is 1210 g/mol. The van der Waals surface area contributed by atoms with Crippen LogP contribution in [0.2, 0.25) is 0 Å². The van der Waals surface area contributed by atoms with Gasteiger partial charge in [-0.25, -0.2) is 4.79 Å². The summed E-state index contributed by atoms with van der Waals surface area (Å²) in [5, 5.41) is 43.6. The predicted octanol–water partition coefficient (Wildman–Crippen LogP) is 6.79. The highest BCUT2D eigenvalue weighted by Gasteiger charge is 2.54. The third-order valence-electron chi connectivity index (χ3n) is 16.3. The third kappa shape index (κ3) is 21.2. The molecule has 4 amide bonds. The maximum atomic E-state index is 13.6. The van der Waals surface area contributed by atoms with Crippen LogP contribution in [0.5, 0.6) is 0 Å². The number of hydrogen-bond acceptors (Lipinski definition) is 18. The van der Waals surface area contributed by atoms with Gasteiger partial charge >= 0.3 is 6.09 Å². The second-order valence-corrected chi connectivity index (χ2v) is 23.6. The summed E-state index contributed by atoms with van der Waals surface area (Å²) in [4.78, 5) is 54.9. The van der Waals surface area contributed by atoms with Crippen molar-refractivity contribution in [1.29, 1.82) is 0 Å². The molecule has 0 aromatic heterocycles. The van der Waals surface area contributed by atoms with Crippen LogP contribution < -0.4 is 16.0 Å². The van der Waals surface area contributed by atoms with Crippen molar-refractivity contribution in [3.05, 3.63) is 215 Å². The highest BCUT2D eigenvalue weighted by molar-refractivity contribution is 5.74. The number of nitrogens with one attached hydrogen (secondary N) is 3. The molecule has 3 heterocycles. The van der Waals surface area contributed by atoms with E-state index in [2.05, 4.69) is 16.0 Å². The Balaban J connectivity index is 0.976. The smallest absolute Gasteiger partial charge is 0.410 e. The van der Waals surface area contributed by atoms with Gasteiger partial charge in [0.2, 0.25) is 17.7 Å². The number of amides is 4. The van der Waals surface area contributed by atoms with Gasteiger partial charge in [0.05, 0.1) is 46.2 Å². The first-order chi connectivity index (χ1) is 45.8. The molecule has 3 fully saturated rings. The summed E-state index contributed by atoms with van der Waals surface area (Å²) in [5.41, 5.74) is 5.10. The summed E-state index contributed by atoms with van der Waals surface area (Å²) in [6, 6.07) is 53.3. The SMILES string of the molecule is CC(=O)N[C@@H]1[C@H](O[C@H]2[C@H](O)[C@@H](NC(C)=O)[C@H](OC[C@H]3O[C@H](OCCCCCN(Cc4ccccc4)C(=O)OCc4ccccc4)[C@H](NC(C)=O)[C@@H](OCc4ccccc4)[C@@H]3OCc3ccccc3)O[C@@H]2COCc2ccccc2)O[C@H](CO)[C@@H](O)[C@@H]1OCc1ccccc1. The highest BCUT2D eigenvalue weighted by atomic mass is 16.7. The van der Waals surface area contributed by atoms with Gasteiger partial charge in [0, 0.05) is 40.5 Å². The Morgan fingerprint density at radius 1 is 0.426 bits per heavy atom. The second kappa shape index (κ2) is 37.0. The molecule has 94 heavy (non-hydrogen) atoms. The molecule has 0 saturated carbocycles. The van der Waals surface area contributed by atoms with Crippen LogP contribution in [0.1, 0.15) is 73.4 Å². The van der Waals surface area contributed by atoms with E-state index in [1.54, 1.807) is 4.90 Å². The summed E-state index contributed by atoms with van der Waals surface area (Å²) in [6.07, 6.45) is -14.0. The molecule has 0 unspecified atom stereocenters. The molecular formula is C72H88N4O18. The number of nitrogens with zero attached hydrogens (tertiary/aromatic N) is 1. The quantitative estimate of drug-likeness (QED) is 0.0232. The lowest BCUT2D eigenvalue weighted by Crippen LogP contribution is -2.70. The number of hydrogen-bond donors (Lipinski definition) is 6.